The molecule has 0 aromatic carbocycles. The van der Waals surface area contributed by atoms with E-state index in [1.54, 1.807) is 13.8 Å². The summed E-state index contributed by atoms with van der Waals surface area (Å²) in [7, 11) is 0. The summed E-state index contributed by atoms with van der Waals surface area (Å²) in [4.78, 5) is 45.5. The summed E-state index contributed by atoms with van der Waals surface area (Å²) in [5.74, 6) is -3.95. The van der Waals surface area contributed by atoms with Crippen LogP contribution < -0.4 is 16.4 Å². The zero-order valence-electron chi connectivity index (χ0n) is 13.7. The molecule has 0 aromatic heterocycles. The molecule has 0 unspecified atom stereocenters. The van der Waals surface area contributed by atoms with Gasteiger partial charge in [-0.25, -0.2) is 4.79 Å². The predicted octanol–water partition coefficient (Wildman–Crippen LogP) is -1.73. The van der Waals surface area contributed by atoms with Crippen LogP contribution in [0.1, 0.15) is 33.1 Å². The minimum absolute atomic E-state index is 0.00805. The number of nitrogens with two attached hydrogens (primary N) is 1. The molecule has 0 aromatic rings. The molecule has 3 atom stereocenters. The van der Waals surface area contributed by atoms with E-state index in [0.717, 1.165) is 0 Å². The quantitative estimate of drug-likeness (QED) is 0.255. The third kappa shape index (κ3) is 8.44. The van der Waals surface area contributed by atoms with Gasteiger partial charge in [-0.1, -0.05) is 13.8 Å². The lowest BCUT2D eigenvalue weighted by atomic mass is 10.0. The second-order valence-corrected chi connectivity index (χ2v) is 5.81. The number of amides is 2. The third-order valence-electron chi connectivity index (χ3n) is 3.14. The molecule has 0 rings (SSSR count). The van der Waals surface area contributed by atoms with Crippen LogP contribution in [0.15, 0.2) is 0 Å². The lowest BCUT2D eigenvalue weighted by Crippen LogP contribution is -2.55. The van der Waals surface area contributed by atoms with E-state index in [-0.39, 0.29) is 25.2 Å². The Hall–Kier alpha value is -2.20. The molecule has 0 bridgehead atoms. The molecule has 2 amide bonds. The maximum atomic E-state index is 12.1. The van der Waals surface area contributed by atoms with E-state index in [1.807, 2.05) is 0 Å². The van der Waals surface area contributed by atoms with E-state index in [9.17, 15) is 19.2 Å². The number of hydrogen-bond donors (Lipinski definition) is 6. The van der Waals surface area contributed by atoms with Crippen LogP contribution in [0.3, 0.4) is 0 Å². The van der Waals surface area contributed by atoms with Gasteiger partial charge >= 0.3 is 11.9 Å². The second kappa shape index (κ2) is 10.6. The van der Waals surface area contributed by atoms with Crippen molar-refractivity contribution in [1.29, 1.82) is 0 Å². The van der Waals surface area contributed by atoms with Crippen molar-refractivity contribution in [1.82, 2.24) is 10.6 Å². The van der Waals surface area contributed by atoms with Gasteiger partial charge in [-0.15, -0.1) is 0 Å². The zero-order chi connectivity index (χ0) is 18.9. The molecule has 10 heteroatoms. The molecule has 138 valence electrons. The van der Waals surface area contributed by atoms with Crippen molar-refractivity contribution in [3.63, 3.8) is 0 Å². The van der Waals surface area contributed by atoms with Gasteiger partial charge < -0.3 is 31.7 Å². The fourth-order valence-electron chi connectivity index (χ4n) is 1.85. The number of aliphatic hydroxyl groups is 1. The molecule has 0 aliphatic carbocycles. The molecule has 0 saturated carbocycles. The predicted molar refractivity (Wildman–Crippen MR) is 82.9 cm³/mol. The number of nitrogens with one attached hydrogen (secondary N) is 2. The maximum absolute atomic E-state index is 12.1. The topological polar surface area (TPSA) is 179 Å². The van der Waals surface area contributed by atoms with Gasteiger partial charge in [0, 0.05) is 6.42 Å². The number of carbonyl (C=O) groups excluding carboxylic acids is 2. The third-order valence-corrected chi connectivity index (χ3v) is 3.14. The van der Waals surface area contributed by atoms with Crippen LogP contribution >= 0.6 is 0 Å². The van der Waals surface area contributed by atoms with Crippen molar-refractivity contribution >= 4 is 23.8 Å². The van der Waals surface area contributed by atoms with E-state index in [0.29, 0.717) is 0 Å². The van der Waals surface area contributed by atoms with Crippen LogP contribution in [0, 0.1) is 5.92 Å². The highest BCUT2D eigenvalue weighted by atomic mass is 16.4. The Labute approximate surface area is 139 Å². The minimum atomic E-state index is -1.48. The molecular weight excluding hydrogens is 322 g/mol. The number of carbonyl (C=O) groups is 4. The summed E-state index contributed by atoms with van der Waals surface area (Å²) in [6.45, 7) is 2.82. The van der Waals surface area contributed by atoms with E-state index in [4.69, 9.17) is 21.1 Å². The number of hydrogen-bond acceptors (Lipinski definition) is 6. The standard InChI is InChI=1S/C14H25N3O7/c1-7(2)5-9(13(22)17-10(6-18)14(23)24)16-12(21)8(15)3-4-11(19)20/h7-10,18H,3-6,15H2,1-2H3,(H,16,21)(H,17,22)(H,19,20)(H,23,24)/t8-,9-,10-/m0/s1. The fraction of sp³-hybridized carbons (Fsp3) is 0.714. The summed E-state index contributed by atoms with van der Waals surface area (Å²) >= 11 is 0. The first-order valence-corrected chi connectivity index (χ1v) is 7.50. The first kappa shape index (κ1) is 21.8. The minimum Gasteiger partial charge on any atom is -0.481 e. The first-order chi connectivity index (χ1) is 11.1. The fourth-order valence-corrected chi connectivity index (χ4v) is 1.85. The van der Waals surface area contributed by atoms with Crippen molar-refractivity contribution < 1.29 is 34.5 Å². The SMILES string of the molecule is CC(C)C[C@H](NC(=O)[C@@H](N)CCC(=O)O)C(=O)N[C@@H](CO)C(=O)O. The van der Waals surface area contributed by atoms with Gasteiger partial charge in [0.15, 0.2) is 0 Å². The Bertz CT molecular complexity index is 467. The smallest absolute Gasteiger partial charge is 0.328 e. The average Bonchev–Trinajstić information content (AvgIpc) is 2.48. The first-order valence-electron chi connectivity index (χ1n) is 7.50. The molecule has 0 spiro atoms. The lowest BCUT2D eigenvalue weighted by Gasteiger charge is -2.23. The normalized spacial score (nSPS) is 14.5. The van der Waals surface area contributed by atoms with Crippen LogP contribution in [0.4, 0.5) is 0 Å². The van der Waals surface area contributed by atoms with Crippen LogP contribution in [0.5, 0.6) is 0 Å². The van der Waals surface area contributed by atoms with E-state index in [1.165, 1.54) is 0 Å². The molecule has 0 radical (unpaired) electrons. The maximum Gasteiger partial charge on any atom is 0.328 e. The van der Waals surface area contributed by atoms with Crippen molar-refractivity contribution in [2.24, 2.45) is 11.7 Å². The van der Waals surface area contributed by atoms with Crippen molar-refractivity contribution in [2.75, 3.05) is 6.61 Å². The molecule has 0 saturated heterocycles. The van der Waals surface area contributed by atoms with Gasteiger partial charge in [-0.3, -0.25) is 14.4 Å². The Balaban J connectivity index is 4.86. The molecule has 0 heterocycles. The number of aliphatic hydroxyl groups excluding tert-OH is 1. The van der Waals surface area contributed by atoms with E-state index < -0.39 is 48.5 Å². The lowest BCUT2D eigenvalue weighted by molar-refractivity contribution is -0.143. The highest BCUT2D eigenvalue weighted by Gasteiger charge is 2.28. The van der Waals surface area contributed by atoms with Crippen molar-refractivity contribution in [2.45, 2.75) is 51.2 Å². The summed E-state index contributed by atoms with van der Waals surface area (Å²) < 4.78 is 0. The number of rotatable bonds is 11. The molecule has 24 heavy (non-hydrogen) atoms. The molecule has 0 fully saturated rings. The number of carboxylic acid groups (broad SMARTS) is 2. The van der Waals surface area contributed by atoms with E-state index >= 15 is 0 Å². The van der Waals surface area contributed by atoms with Gasteiger partial charge in [0.25, 0.3) is 0 Å². The second-order valence-electron chi connectivity index (χ2n) is 5.81. The van der Waals surface area contributed by atoms with Gasteiger partial charge in [0.2, 0.25) is 11.8 Å². The van der Waals surface area contributed by atoms with Gasteiger partial charge in [-0.05, 0) is 18.8 Å². The molecule has 7 N–H and O–H groups in total. The van der Waals surface area contributed by atoms with Crippen molar-refractivity contribution in [3.8, 4) is 0 Å². The van der Waals surface area contributed by atoms with Crippen LogP contribution in [0.2, 0.25) is 0 Å². The van der Waals surface area contributed by atoms with E-state index in [2.05, 4.69) is 10.6 Å². The number of aliphatic carboxylic acids is 2. The number of carboxylic acids is 2. The summed E-state index contributed by atoms with van der Waals surface area (Å²) in [5, 5.41) is 30.9. The Morgan fingerprint density at radius 2 is 1.54 bits per heavy atom. The molecule has 10 nitrogen and oxygen atoms in total. The average molecular weight is 347 g/mol. The Morgan fingerprint density at radius 3 is 1.96 bits per heavy atom. The van der Waals surface area contributed by atoms with Crippen LogP contribution in [-0.2, 0) is 19.2 Å². The largest absolute Gasteiger partial charge is 0.481 e. The van der Waals surface area contributed by atoms with Gasteiger partial charge in [-0.2, -0.15) is 0 Å². The monoisotopic (exact) mass is 347 g/mol. The van der Waals surface area contributed by atoms with Gasteiger partial charge in [0.05, 0.1) is 12.6 Å². The molecule has 0 aliphatic heterocycles. The zero-order valence-corrected chi connectivity index (χ0v) is 13.7. The molecular formula is C14H25N3O7. The Kier molecular flexibility index (Phi) is 9.58. The highest BCUT2D eigenvalue weighted by Crippen LogP contribution is 2.06. The van der Waals surface area contributed by atoms with Crippen LogP contribution in [0.25, 0.3) is 0 Å². The summed E-state index contributed by atoms with van der Waals surface area (Å²) in [6.07, 6.45) is -0.159. The van der Waals surface area contributed by atoms with Gasteiger partial charge in [0.1, 0.15) is 12.1 Å². The summed E-state index contributed by atoms with van der Waals surface area (Å²) in [6, 6.07) is -3.62. The molecule has 0 aliphatic rings. The summed E-state index contributed by atoms with van der Waals surface area (Å²) in [5.41, 5.74) is 5.58. The highest BCUT2D eigenvalue weighted by molar-refractivity contribution is 5.91. The Morgan fingerprint density at radius 1 is 1.00 bits per heavy atom. The van der Waals surface area contributed by atoms with Crippen molar-refractivity contribution in [3.05, 3.63) is 0 Å². The van der Waals surface area contributed by atoms with Crippen LogP contribution in [-0.4, -0.2) is 63.8 Å².